The molecule has 96 valence electrons. The predicted molar refractivity (Wildman–Crippen MR) is 74.2 cm³/mol. The highest BCUT2D eigenvalue weighted by Gasteiger charge is 2.50. The second kappa shape index (κ2) is 4.79. The Morgan fingerprint density at radius 3 is 2.76 bits per heavy atom. The summed E-state index contributed by atoms with van der Waals surface area (Å²) in [4.78, 5) is 11.0. The number of halogens is 2. The summed E-state index contributed by atoms with van der Waals surface area (Å²) in [6, 6.07) is 0. The van der Waals surface area contributed by atoms with Crippen LogP contribution in [0.3, 0.4) is 0 Å². The summed E-state index contributed by atoms with van der Waals surface area (Å²) in [5, 5.41) is 0. The Hall–Kier alpha value is 0.340. The number of fused-ring (bicyclic) bond motifs is 1. The van der Waals surface area contributed by atoms with Crippen LogP contribution in [0.1, 0.15) is 20.8 Å². The molecule has 1 fully saturated rings. The van der Waals surface area contributed by atoms with E-state index in [1.807, 2.05) is 19.9 Å². The topological polar surface area (TPSA) is 44.8 Å². The molecule has 0 aromatic rings. The van der Waals surface area contributed by atoms with Gasteiger partial charge in [0, 0.05) is 11.4 Å². The van der Waals surface area contributed by atoms with Gasteiger partial charge in [-0.3, -0.25) is 4.79 Å². The molecular formula is C11H14BrIO4. The molecule has 0 N–H and O–H groups in total. The molecule has 0 bridgehead atoms. The average Bonchev–Trinajstić information content (AvgIpc) is 2.50. The Bertz CT molecular complexity index is 368. The maximum absolute atomic E-state index is 11.0. The zero-order valence-corrected chi connectivity index (χ0v) is 13.5. The summed E-state index contributed by atoms with van der Waals surface area (Å²) in [6.07, 6.45) is 1.39. The fourth-order valence-electron chi connectivity index (χ4n) is 2.06. The van der Waals surface area contributed by atoms with E-state index in [0.717, 1.165) is 4.48 Å². The first-order valence-corrected chi connectivity index (χ1v) is 7.38. The molecule has 4 nitrogen and oxygen atoms in total. The van der Waals surface area contributed by atoms with E-state index >= 15 is 0 Å². The summed E-state index contributed by atoms with van der Waals surface area (Å²) in [5.41, 5.74) is 0. The molecular weight excluding hydrogens is 403 g/mol. The predicted octanol–water partition coefficient (Wildman–Crippen LogP) is 2.53. The minimum Gasteiger partial charge on any atom is -0.457 e. The fraction of sp³-hybridized carbons (Fsp3) is 0.727. The Morgan fingerprint density at radius 2 is 2.18 bits per heavy atom. The summed E-state index contributed by atoms with van der Waals surface area (Å²) in [6.45, 7) is 5.18. The van der Waals surface area contributed by atoms with Gasteiger partial charge in [0.25, 0.3) is 0 Å². The third kappa shape index (κ3) is 2.85. The first-order valence-electron chi connectivity index (χ1n) is 5.34. The monoisotopic (exact) mass is 416 g/mol. The van der Waals surface area contributed by atoms with Crippen molar-refractivity contribution < 1.29 is 19.0 Å². The van der Waals surface area contributed by atoms with Crippen molar-refractivity contribution in [1.82, 2.24) is 0 Å². The molecule has 2 aliphatic rings. The number of hydrogen-bond donors (Lipinski definition) is 0. The van der Waals surface area contributed by atoms with Gasteiger partial charge in [0.1, 0.15) is 18.3 Å². The SMILES string of the molecule is CC(=O)O[C@H]1C=C(Br)[C@H]2OC(C)(C)O[C@H]2[C@@H]1I. The highest BCUT2D eigenvalue weighted by atomic mass is 127. The van der Waals surface area contributed by atoms with Gasteiger partial charge < -0.3 is 14.2 Å². The van der Waals surface area contributed by atoms with Crippen molar-refractivity contribution >= 4 is 44.5 Å². The number of ether oxygens (including phenoxy) is 3. The molecule has 0 unspecified atom stereocenters. The normalized spacial score (nSPS) is 39.5. The number of carbonyl (C=O) groups is 1. The highest BCUT2D eigenvalue weighted by Crippen LogP contribution is 2.42. The molecule has 4 atom stereocenters. The molecule has 1 aliphatic carbocycles. The van der Waals surface area contributed by atoms with Crippen LogP contribution in [-0.2, 0) is 19.0 Å². The van der Waals surface area contributed by atoms with Crippen LogP contribution in [0.15, 0.2) is 10.6 Å². The average molecular weight is 417 g/mol. The van der Waals surface area contributed by atoms with E-state index in [1.165, 1.54) is 6.92 Å². The summed E-state index contributed by atoms with van der Waals surface area (Å²) in [7, 11) is 0. The fourth-order valence-corrected chi connectivity index (χ4v) is 3.55. The molecule has 1 aliphatic heterocycles. The van der Waals surface area contributed by atoms with Crippen LogP contribution in [0.5, 0.6) is 0 Å². The first-order chi connectivity index (χ1) is 7.80. The van der Waals surface area contributed by atoms with Crippen LogP contribution < -0.4 is 0 Å². The van der Waals surface area contributed by atoms with Crippen molar-refractivity contribution in [3.63, 3.8) is 0 Å². The highest BCUT2D eigenvalue weighted by molar-refractivity contribution is 14.1. The maximum atomic E-state index is 11.0. The summed E-state index contributed by atoms with van der Waals surface area (Å²) in [5.74, 6) is -0.888. The minimum absolute atomic E-state index is 0.0459. The van der Waals surface area contributed by atoms with Gasteiger partial charge in [-0.1, -0.05) is 38.5 Å². The number of esters is 1. The summed E-state index contributed by atoms with van der Waals surface area (Å²) < 4.78 is 17.9. The number of carbonyl (C=O) groups excluding carboxylic acids is 1. The molecule has 0 amide bonds. The van der Waals surface area contributed by atoms with Crippen LogP contribution in [0.4, 0.5) is 0 Å². The van der Waals surface area contributed by atoms with E-state index in [2.05, 4.69) is 38.5 Å². The van der Waals surface area contributed by atoms with Gasteiger partial charge in [-0.05, 0) is 19.9 Å². The van der Waals surface area contributed by atoms with Crippen molar-refractivity contribution in [3.05, 3.63) is 10.6 Å². The van der Waals surface area contributed by atoms with Crippen molar-refractivity contribution in [2.75, 3.05) is 0 Å². The first kappa shape index (κ1) is 13.8. The third-order valence-electron chi connectivity index (χ3n) is 2.65. The van der Waals surface area contributed by atoms with E-state index in [1.54, 1.807) is 0 Å². The van der Waals surface area contributed by atoms with Gasteiger partial charge in [0.15, 0.2) is 5.79 Å². The standard InChI is InChI=1S/C11H14BrIO4/c1-5(14)15-7-4-6(12)9-10(8(7)13)17-11(2,3)16-9/h4,7-10H,1-3H3/t7-,8+,9+,10-/m0/s1. The van der Waals surface area contributed by atoms with Gasteiger partial charge in [-0.2, -0.15) is 0 Å². The second-order valence-electron chi connectivity index (χ2n) is 4.59. The summed E-state index contributed by atoms with van der Waals surface area (Å²) >= 11 is 5.71. The number of hydrogen-bond acceptors (Lipinski definition) is 4. The van der Waals surface area contributed by atoms with Crippen molar-refractivity contribution in [2.45, 2.75) is 48.8 Å². The second-order valence-corrected chi connectivity index (χ2v) is 6.94. The van der Waals surface area contributed by atoms with Crippen LogP contribution in [0.25, 0.3) is 0 Å². The van der Waals surface area contributed by atoms with E-state index in [0.29, 0.717) is 0 Å². The molecule has 0 aromatic heterocycles. The molecule has 1 heterocycles. The Morgan fingerprint density at radius 1 is 1.53 bits per heavy atom. The van der Waals surface area contributed by atoms with E-state index < -0.39 is 5.79 Å². The largest absolute Gasteiger partial charge is 0.457 e. The quantitative estimate of drug-likeness (QED) is 0.374. The number of rotatable bonds is 1. The van der Waals surface area contributed by atoms with E-state index in [9.17, 15) is 4.79 Å². The lowest BCUT2D eigenvalue weighted by molar-refractivity contribution is -0.149. The molecule has 0 aromatic carbocycles. The maximum Gasteiger partial charge on any atom is 0.303 e. The van der Waals surface area contributed by atoms with Crippen molar-refractivity contribution in [1.29, 1.82) is 0 Å². The van der Waals surface area contributed by atoms with Crippen LogP contribution in [0, 0.1) is 0 Å². The van der Waals surface area contributed by atoms with Crippen LogP contribution >= 0.6 is 38.5 Å². The smallest absolute Gasteiger partial charge is 0.303 e. The lowest BCUT2D eigenvalue weighted by Gasteiger charge is -2.31. The lowest BCUT2D eigenvalue weighted by Crippen LogP contribution is -2.44. The van der Waals surface area contributed by atoms with Crippen molar-refractivity contribution in [3.8, 4) is 0 Å². The Kier molecular flexibility index (Phi) is 3.88. The van der Waals surface area contributed by atoms with Gasteiger partial charge in [-0.25, -0.2) is 0 Å². The molecule has 0 saturated carbocycles. The molecule has 1 saturated heterocycles. The molecule has 17 heavy (non-hydrogen) atoms. The van der Waals surface area contributed by atoms with Crippen LogP contribution in [-0.4, -0.2) is 34.0 Å². The zero-order valence-electron chi connectivity index (χ0n) is 9.78. The van der Waals surface area contributed by atoms with E-state index in [-0.39, 0.29) is 28.2 Å². The molecule has 0 radical (unpaired) electrons. The van der Waals surface area contributed by atoms with E-state index in [4.69, 9.17) is 14.2 Å². The minimum atomic E-state index is -0.600. The van der Waals surface area contributed by atoms with Gasteiger partial charge in [0.2, 0.25) is 0 Å². The van der Waals surface area contributed by atoms with Crippen LogP contribution in [0.2, 0.25) is 0 Å². The number of alkyl halides is 1. The Balaban J connectivity index is 2.21. The van der Waals surface area contributed by atoms with Gasteiger partial charge >= 0.3 is 5.97 Å². The Labute approximate surface area is 122 Å². The third-order valence-corrected chi connectivity index (χ3v) is 4.79. The van der Waals surface area contributed by atoms with Gasteiger partial charge in [0.05, 0.1) is 3.92 Å². The lowest BCUT2D eigenvalue weighted by atomic mass is 9.99. The zero-order chi connectivity index (χ0) is 12.8. The molecule has 2 rings (SSSR count). The van der Waals surface area contributed by atoms with Gasteiger partial charge in [-0.15, -0.1) is 0 Å². The van der Waals surface area contributed by atoms with Crippen molar-refractivity contribution in [2.24, 2.45) is 0 Å². The molecule has 6 heteroatoms. The molecule has 0 spiro atoms.